The number of sulfone groups is 1. The van der Waals surface area contributed by atoms with Gasteiger partial charge < -0.3 is 15.1 Å². The van der Waals surface area contributed by atoms with Crippen molar-refractivity contribution in [2.24, 2.45) is 0 Å². The molecule has 2 amide bonds. The summed E-state index contributed by atoms with van der Waals surface area (Å²) in [6, 6.07) is 15.9. The van der Waals surface area contributed by atoms with E-state index in [1.54, 1.807) is 4.90 Å². The van der Waals surface area contributed by atoms with E-state index in [-0.39, 0.29) is 30.2 Å². The number of nitrogens with zero attached hydrogens (tertiary/aromatic N) is 2. The molecule has 1 saturated heterocycles. The van der Waals surface area contributed by atoms with Gasteiger partial charge in [-0.3, -0.25) is 9.59 Å². The zero-order chi connectivity index (χ0) is 23.5. The van der Waals surface area contributed by atoms with Crippen molar-refractivity contribution in [1.82, 2.24) is 10.2 Å². The van der Waals surface area contributed by atoms with Crippen LogP contribution < -0.4 is 10.2 Å². The first kappa shape index (κ1) is 23.6. The highest BCUT2D eigenvalue weighted by Crippen LogP contribution is 2.41. The number of nitrogens with one attached hydrogen (secondary N) is 1. The predicted molar refractivity (Wildman–Crippen MR) is 128 cm³/mol. The number of carbonyl (C=O) groups excluding carboxylic acids is 2. The predicted octanol–water partition coefficient (Wildman–Crippen LogP) is 2.89. The van der Waals surface area contributed by atoms with Gasteiger partial charge in [0.25, 0.3) is 0 Å². The van der Waals surface area contributed by atoms with Crippen molar-refractivity contribution >= 4 is 38.9 Å². The van der Waals surface area contributed by atoms with Crippen molar-refractivity contribution in [1.29, 1.82) is 0 Å². The standard InChI is InChI=1S/C24H28ClN3O4S/c25-19-8-10-21(11-9-19)33(31,32)24(12-4-5-13-24)23(30)26-18-22(29)28-16-14-27(15-17-28)20-6-2-1-3-7-20/h1-3,6-11H,4-5,12-18H2,(H,26,30). The molecule has 0 bridgehead atoms. The molecule has 1 aliphatic heterocycles. The Kier molecular flexibility index (Phi) is 6.95. The van der Waals surface area contributed by atoms with E-state index in [1.807, 2.05) is 30.3 Å². The van der Waals surface area contributed by atoms with E-state index in [1.165, 1.54) is 24.3 Å². The molecule has 4 rings (SSSR count). The Bertz CT molecular complexity index is 1090. The maximum Gasteiger partial charge on any atom is 0.242 e. The lowest BCUT2D eigenvalue weighted by atomic mass is 10.1. The molecule has 2 aliphatic rings. The Labute approximate surface area is 199 Å². The molecule has 2 aromatic rings. The van der Waals surface area contributed by atoms with Crippen molar-refractivity contribution in [3.8, 4) is 0 Å². The molecule has 9 heteroatoms. The normalized spacial score (nSPS) is 18.2. The first-order chi connectivity index (χ1) is 15.8. The topological polar surface area (TPSA) is 86.8 Å². The summed E-state index contributed by atoms with van der Waals surface area (Å²) in [5, 5.41) is 3.07. The second-order valence-corrected chi connectivity index (χ2v) is 11.2. The van der Waals surface area contributed by atoms with Crippen molar-refractivity contribution < 1.29 is 18.0 Å². The maximum atomic E-state index is 13.4. The first-order valence-electron chi connectivity index (χ1n) is 11.2. The van der Waals surface area contributed by atoms with Crippen LogP contribution in [0.1, 0.15) is 25.7 Å². The van der Waals surface area contributed by atoms with Gasteiger partial charge in [0.1, 0.15) is 0 Å². The van der Waals surface area contributed by atoms with E-state index in [2.05, 4.69) is 10.2 Å². The minimum Gasteiger partial charge on any atom is -0.368 e. The number of piperazine rings is 1. The fraction of sp³-hybridized carbons (Fsp3) is 0.417. The van der Waals surface area contributed by atoms with Gasteiger partial charge in [-0.25, -0.2) is 8.42 Å². The van der Waals surface area contributed by atoms with Crippen LogP contribution in [0, 0.1) is 0 Å². The Morgan fingerprint density at radius 2 is 1.52 bits per heavy atom. The van der Waals surface area contributed by atoms with Gasteiger partial charge >= 0.3 is 0 Å². The van der Waals surface area contributed by atoms with Crippen LogP contribution in [-0.2, 0) is 19.4 Å². The molecule has 1 heterocycles. The van der Waals surface area contributed by atoms with Crippen molar-refractivity contribution in [2.75, 3.05) is 37.6 Å². The molecule has 33 heavy (non-hydrogen) atoms. The third kappa shape index (κ3) is 4.73. The average Bonchev–Trinajstić information content (AvgIpc) is 3.35. The lowest BCUT2D eigenvalue weighted by molar-refractivity contribution is -0.133. The van der Waals surface area contributed by atoms with Gasteiger partial charge in [0.15, 0.2) is 14.6 Å². The number of benzene rings is 2. The average molecular weight is 490 g/mol. The minimum absolute atomic E-state index is 0.0762. The number of amides is 2. The number of hydrogen-bond donors (Lipinski definition) is 1. The highest BCUT2D eigenvalue weighted by Gasteiger charge is 2.53. The lowest BCUT2D eigenvalue weighted by Gasteiger charge is -2.36. The second-order valence-electron chi connectivity index (χ2n) is 8.54. The fourth-order valence-corrected chi connectivity index (χ4v) is 6.90. The van der Waals surface area contributed by atoms with Crippen LogP contribution in [0.3, 0.4) is 0 Å². The van der Waals surface area contributed by atoms with E-state index in [4.69, 9.17) is 11.6 Å². The van der Waals surface area contributed by atoms with Crippen LogP contribution in [0.4, 0.5) is 5.69 Å². The summed E-state index contributed by atoms with van der Waals surface area (Å²) in [5.41, 5.74) is 1.12. The largest absolute Gasteiger partial charge is 0.368 e. The van der Waals surface area contributed by atoms with Gasteiger partial charge in [0, 0.05) is 36.9 Å². The van der Waals surface area contributed by atoms with E-state index in [9.17, 15) is 18.0 Å². The number of hydrogen-bond acceptors (Lipinski definition) is 5. The smallest absolute Gasteiger partial charge is 0.242 e. The highest BCUT2D eigenvalue weighted by molar-refractivity contribution is 7.93. The summed E-state index contributed by atoms with van der Waals surface area (Å²) in [7, 11) is -3.93. The van der Waals surface area contributed by atoms with E-state index < -0.39 is 20.5 Å². The van der Waals surface area contributed by atoms with Crippen LogP contribution >= 0.6 is 11.6 Å². The Balaban J connectivity index is 1.38. The number of halogens is 1. The lowest BCUT2D eigenvalue weighted by Crippen LogP contribution is -2.55. The molecule has 0 aromatic heterocycles. The molecular weight excluding hydrogens is 462 g/mol. The monoisotopic (exact) mass is 489 g/mol. The number of carbonyl (C=O) groups is 2. The summed E-state index contributed by atoms with van der Waals surface area (Å²) < 4.78 is 25.3. The zero-order valence-electron chi connectivity index (χ0n) is 18.4. The molecule has 0 spiro atoms. The molecule has 0 unspecified atom stereocenters. The van der Waals surface area contributed by atoms with Crippen LogP contribution in [-0.4, -0.2) is 62.6 Å². The van der Waals surface area contributed by atoms with Crippen LogP contribution in [0.15, 0.2) is 59.5 Å². The number of rotatable bonds is 6. The van der Waals surface area contributed by atoms with Gasteiger partial charge in [0.05, 0.1) is 11.4 Å². The fourth-order valence-electron chi connectivity index (χ4n) is 4.68. The summed E-state index contributed by atoms with van der Waals surface area (Å²) in [4.78, 5) is 29.9. The molecule has 176 valence electrons. The quantitative estimate of drug-likeness (QED) is 0.674. The zero-order valence-corrected chi connectivity index (χ0v) is 19.9. The summed E-state index contributed by atoms with van der Waals surface area (Å²) >= 11 is 5.90. The van der Waals surface area contributed by atoms with Crippen molar-refractivity contribution in [3.05, 3.63) is 59.6 Å². The number of anilines is 1. The Morgan fingerprint density at radius 3 is 2.12 bits per heavy atom. The third-order valence-corrected chi connectivity index (χ3v) is 9.38. The molecule has 1 aliphatic carbocycles. The molecular formula is C24H28ClN3O4S. The molecule has 0 atom stereocenters. The Morgan fingerprint density at radius 1 is 0.909 bits per heavy atom. The summed E-state index contributed by atoms with van der Waals surface area (Å²) in [6.45, 7) is 2.31. The maximum absolute atomic E-state index is 13.4. The van der Waals surface area contributed by atoms with Crippen LogP contribution in [0.5, 0.6) is 0 Å². The van der Waals surface area contributed by atoms with Crippen molar-refractivity contribution in [3.63, 3.8) is 0 Å². The van der Waals surface area contributed by atoms with E-state index in [0.29, 0.717) is 44.0 Å². The summed E-state index contributed by atoms with van der Waals surface area (Å²) in [6.07, 6.45) is 1.78. The number of para-hydroxylation sites is 1. The summed E-state index contributed by atoms with van der Waals surface area (Å²) in [5.74, 6) is -0.792. The molecule has 7 nitrogen and oxygen atoms in total. The second kappa shape index (κ2) is 9.73. The highest BCUT2D eigenvalue weighted by atomic mass is 35.5. The van der Waals surface area contributed by atoms with Gasteiger partial charge in [0.2, 0.25) is 11.8 Å². The molecule has 0 radical (unpaired) electrons. The van der Waals surface area contributed by atoms with Crippen molar-refractivity contribution in [2.45, 2.75) is 35.3 Å². The molecule has 2 fully saturated rings. The molecule has 2 aromatic carbocycles. The SMILES string of the molecule is O=C(CNC(=O)C1(S(=O)(=O)c2ccc(Cl)cc2)CCCC1)N1CCN(c2ccccc2)CC1. The van der Waals surface area contributed by atoms with Gasteiger partial charge in [-0.1, -0.05) is 42.6 Å². The van der Waals surface area contributed by atoms with E-state index in [0.717, 1.165) is 5.69 Å². The van der Waals surface area contributed by atoms with Crippen LogP contribution in [0.25, 0.3) is 0 Å². The molecule has 1 N–H and O–H groups in total. The van der Waals surface area contributed by atoms with Gasteiger partial charge in [-0.05, 0) is 49.2 Å². The molecule has 1 saturated carbocycles. The first-order valence-corrected chi connectivity index (χ1v) is 13.1. The van der Waals surface area contributed by atoms with Crippen LogP contribution in [0.2, 0.25) is 5.02 Å². The minimum atomic E-state index is -3.93. The van der Waals surface area contributed by atoms with Gasteiger partial charge in [-0.15, -0.1) is 0 Å². The van der Waals surface area contributed by atoms with Gasteiger partial charge in [-0.2, -0.15) is 0 Å². The van der Waals surface area contributed by atoms with E-state index >= 15 is 0 Å². The third-order valence-electron chi connectivity index (χ3n) is 6.62. The Hall–Kier alpha value is -2.58.